The summed E-state index contributed by atoms with van der Waals surface area (Å²) in [7, 11) is 0. The molecular formula is C14H21NO. The van der Waals surface area contributed by atoms with Crippen molar-refractivity contribution in [2.24, 2.45) is 5.92 Å². The van der Waals surface area contributed by atoms with Gasteiger partial charge in [0.1, 0.15) is 0 Å². The Kier molecular flexibility index (Phi) is 4.37. The lowest BCUT2D eigenvalue weighted by atomic mass is 9.98. The van der Waals surface area contributed by atoms with E-state index in [-0.39, 0.29) is 0 Å². The number of aliphatic hydroxyl groups excluding tert-OH is 1. The summed E-state index contributed by atoms with van der Waals surface area (Å²) in [5, 5.41) is 9.17. The zero-order valence-electron chi connectivity index (χ0n) is 9.81. The molecule has 0 bridgehead atoms. The number of nitrogens with zero attached hydrogens (tertiary/aromatic N) is 1. The van der Waals surface area contributed by atoms with E-state index in [2.05, 4.69) is 35.2 Å². The lowest BCUT2D eigenvalue weighted by molar-refractivity contribution is 0.121. The molecule has 1 aromatic rings. The van der Waals surface area contributed by atoms with Crippen LogP contribution in [0.15, 0.2) is 30.3 Å². The van der Waals surface area contributed by atoms with Crippen molar-refractivity contribution in [3.8, 4) is 0 Å². The fourth-order valence-electron chi connectivity index (χ4n) is 2.44. The monoisotopic (exact) mass is 219 g/mol. The fourth-order valence-corrected chi connectivity index (χ4v) is 2.44. The number of rotatable bonds is 4. The van der Waals surface area contributed by atoms with Crippen LogP contribution >= 0.6 is 0 Å². The summed E-state index contributed by atoms with van der Waals surface area (Å²) in [5.74, 6) is 0.504. The maximum atomic E-state index is 9.17. The molecule has 0 aromatic heterocycles. The molecule has 16 heavy (non-hydrogen) atoms. The number of benzene rings is 1. The van der Waals surface area contributed by atoms with E-state index in [1.165, 1.54) is 24.9 Å². The quantitative estimate of drug-likeness (QED) is 0.836. The molecule has 1 aliphatic rings. The Morgan fingerprint density at radius 2 is 2.06 bits per heavy atom. The van der Waals surface area contributed by atoms with E-state index < -0.39 is 0 Å². The van der Waals surface area contributed by atoms with Crippen LogP contribution in [-0.2, 0) is 6.42 Å². The summed E-state index contributed by atoms with van der Waals surface area (Å²) in [6.07, 6.45) is 3.55. The predicted molar refractivity (Wildman–Crippen MR) is 66.4 cm³/mol. The van der Waals surface area contributed by atoms with E-state index in [4.69, 9.17) is 5.11 Å². The Labute approximate surface area is 97.9 Å². The average molecular weight is 219 g/mol. The van der Waals surface area contributed by atoms with Crippen LogP contribution < -0.4 is 0 Å². The molecule has 2 heteroatoms. The van der Waals surface area contributed by atoms with Gasteiger partial charge in [0, 0.05) is 19.7 Å². The van der Waals surface area contributed by atoms with Gasteiger partial charge in [0.15, 0.2) is 0 Å². The van der Waals surface area contributed by atoms with E-state index in [9.17, 15) is 0 Å². The van der Waals surface area contributed by atoms with E-state index in [1.807, 2.05) is 0 Å². The largest absolute Gasteiger partial charge is 0.396 e. The van der Waals surface area contributed by atoms with Crippen LogP contribution in [0.1, 0.15) is 18.4 Å². The second kappa shape index (κ2) is 6.02. The summed E-state index contributed by atoms with van der Waals surface area (Å²) in [6, 6.07) is 10.6. The fraction of sp³-hybridized carbons (Fsp3) is 0.571. The average Bonchev–Trinajstić information content (AvgIpc) is 2.38. The molecule has 1 fully saturated rings. The first-order valence-electron chi connectivity index (χ1n) is 6.25. The Bertz CT molecular complexity index is 299. The number of likely N-dealkylation sites (tertiary alicyclic amines) is 1. The van der Waals surface area contributed by atoms with Crippen molar-refractivity contribution in [1.82, 2.24) is 4.90 Å². The molecule has 1 atom stereocenters. The molecule has 1 heterocycles. The third-order valence-electron chi connectivity index (χ3n) is 3.42. The van der Waals surface area contributed by atoms with Gasteiger partial charge in [-0.15, -0.1) is 0 Å². The van der Waals surface area contributed by atoms with Gasteiger partial charge in [0.25, 0.3) is 0 Å². The van der Waals surface area contributed by atoms with Crippen LogP contribution in [0.3, 0.4) is 0 Å². The third-order valence-corrected chi connectivity index (χ3v) is 3.42. The van der Waals surface area contributed by atoms with Gasteiger partial charge in [0.05, 0.1) is 0 Å². The topological polar surface area (TPSA) is 23.5 Å². The van der Waals surface area contributed by atoms with E-state index in [1.54, 1.807) is 0 Å². The SMILES string of the molecule is OCC1CCCN(CCc2ccccc2)C1. The van der Waals surface area contributed by atoms with Gasteiger partial charge >= 0.3 is 0 Å². The van der Waals surface area contributed by atoms with Gasteiger partial charge in [-0.05, 0) is 37.3 Å². The Morgan fingerprint density at radius 3 is 2.81 bits per heavy atom. The van der Waals surface area contributed by atoms with E-state index in [0.29, 0.717) is 12.5 Å². The van der Waals surface area contributed by atoms with Crippen LogP contribution in [0.4, 0.5) is 0 Å². The summed E-state index contributed by atoms with van der Waals surface area (Å²) in [4.78, 5) is 2.48. The second-order valence-electron chi connectivity index (χ2n) is 4.73. The zero-order chi connectivity index (χ0) is 11.2. The lowest BCUT2D eigenvalue weighted by Crippen LogP contribution is -2.37. The first kappa shape index (κ1) is 11.6. The molecule has 2 nitrogen and oxygen atoms in total. The van der Waals surface area contributed by atoms with Crippen molar-refractivity contribution in [3.05, 3.63) is 35.9 Å². The van der Waals surface area contributed by atoms with Gasteiger partial charge in [-0.1, -0.05) is 30.3 Å². The minimum absolute atomic E-state index is 0.349. The highest BCUT2D eigenvalue weighted by molar-refractivity contribution is 5.14. The number of hydrogen-bond acceptors (Lipinski definition) is 2. The molecule has 1 unspecified atom stereocenters. The van der Waals surface area contributed by atoms with Gasteiger partial charge in [-0.25, -0.2) is 0 Å². The van der Waals surface area contributed by atoms with Crippen LogP contribution in [0.2, 0.25) is 0 Å². The number of piperidine rings is 1. The Hall–Kier alpha value is -0.860. The van der Waals surface area contributed by atoms with Gasteiger partial charge in [0.2, 0.25) is 0 Å². The van der Waals surface area contributed by atoms with Crippen molar-refractivity contribution in [2.45, 2.75) is 19.3 Å². The summed E-state index contributed by atoms with van der Waals surface area (Å²) >= 11 is 0. The summed E-state index contributed by atoms with van der Waals surface area (Å²) in [6.45, 7) is 3.75. The van der Waals surface area contributed by atoms with Gasteiger partial charge in [-0.2, -0.15) is 0 Å². The smallest absolute Gasteiger partial charge is 0.0471 e. The molecule has 1 saturated heterocycles. The van der Waals surface area contributed by atoms with Crippen molar-refractivity contribution >= 4 is 0 Å². The molecule has 0 radical (unpaired) electrons. The highest BCUT2D eigenvalue weighted by Crippen LogP contribution is 2.16. The minimum atomic E-state index is 0.349. The third kappa shape index (κ3) is 3.32. The summed E-state index contributed by atoms with van der Waals surface area (Å²) < 4.78 is 0. The van der Waals surface area contributed by atoms with Crippen molar-refractivity contribution < 1.29 is 5.11 Å². The molecule has 2 rings (SSSR count). The van der Waals surface area contributed by atoms with Gasteiger partial charge < -0.3 is 10.0 Å². The molecular weight excluding hydrogens is 198 g/mol. The molecule has 1 aliphatic heterocycles. The summed E-state index contributed by atoms with van der Waals surface area (Å²) in [5.41, 5.74) is 1.41. The first-order valence-corrected chi connectivity index (χ1v) is 6.25. The number of hydrogen-bond donors (Lipinski definition) is 1. The van der Waals surface area contributed by atoms with Crippen LogP contribution in [0.5, 0.6) is 0 Å². The maximum Gasteiger partial charge on any atom is 0.0471 e. The van der Waals surface area contributed by atoms with Crippen LogP contribution in [0, 0.1) is 5.92 Å². The molecule has 88 valence electrons. The van der Waals surface area contributed by atoms with E-state index in [0.717, 1.165) is 19.5 Å². The van der Waals surface area contributed by atoms with Gasteiger partial charge in [-0.3, -0.25) is 0 Å². The molecule has 1 N–H and O–H groups in total. The molecule has 0 amide bonds. The predicted octanol–water partition coefficient (Wildman–Crippen LogP) is 1.93. The minimum Gasteiger partial charge on any atom is -0.396 e. The second-order valence-corrected chi connectivity index (χ2v) is 4.73. The number of aliphatic hydroxyl groups is 1. The van der Waals surface area contributed by atoms with Crippen molar-refractivity contribution in [3.63, 3.8) is 0 Å². The van der Waals surface area contributed by atoms with Crippen molar-refractivity contribution in [1.29, 1.82) is 0 Å². The molecule has 0 saturated carbocycles. The normalized spacial score (nSPS) is 22.2. The molecule has 0 spiro atoms. The maximum absolute atomic E-state index is 9.17. The molecule has 1 aromatic carbocycles. The molecule has 0 aliphatic carbocycles. The first-order chi connectivity index (χ1) is 7.88. The Balaban J connectivity index is 1.77. The standard InChI is InChI=1S/C14H21NO/c16-12-14-7-4-9-15(11-14)10-8-13-5-2-1-3-6-13/h1-3,5-6,14,16H,4,7-12H2. The van der Waals surface area contributed by atoms with E-state index >= 15 is 0 Å². The Morgan fingerprint density at radius 1 is 1.25 bits per heavy atom. The van der Waals surface area contributed by atoms with Crippen LogP contribution in [0.25, 0.3) is 0 Å². The lowest BCUT2D eigenvalue weighted by Gasteiger charge is -2.31. The zero-order valence-corrected chi connectivity index (χ0v) is 9.81. The highest BCUT2D eigenvalue weighted by atomic mass is 16.3. The highest BCUT2D eigenvalue weighted by Gasteiger charge is 2.18. The van der Waals surface area contributed by atoms with Crippen molar-refractivity contribution in [2.75, 3.05) is 26.2 Å². The van der Waals surface area contributed by atoms with Crippen LogP contribution in [-0.4, -0.2) is 36.2 Å².